The standard InChI is InChI=1S/C23H17N7O/c1-31-15-9-7-14(8-10-15)21-19-20(25)16(12-24)22(26)28-23(19)27-18-11-17(29-30(18)21)13-5-3-2-4-6-13/h2-11H,25H2,1H3,(H2,26,27,28). The van der Waals surface area contributed by atoms with E-state index < -0.39 is 0 Å². The van der Waals surface area contributed by atoms with Crippen LogP contribution in [0, 0.1) is 11.3 Å². The topological polar surface area (TPSA) is 128 Å². The molecule has 0 bridgehead atoms. The SMILES string of the molecule is COc1ccc(-c2c3c(N)c(C#N)c(N)nc3nc3cc(-c4ccccc4)nn23)cc1. The summed E-state index contributed by atoms with van der Waals surface area (Å²) in [5.74, 6) is 0.768. The molecule has 0 unspecified atom stereocenters. The van der Waals surface area contributed by atoms with E-state index in [1.807, 2.05) is 66.7 Å². The molecular formula is C23H17N7O. The number of rotatable bonds is 3. The zero-order valence-corrected chi connectivity index (χ0v) is 16.6. The first-order valence-electron chi connectivity index (χ1n) is 9.49. The Morgan fingerprint density at radius 2 is 1.71 bits per heavy atom. The van der Waals surface area contributed by atoms with Gasteiger partial charge in [0.2, 0.25) is 0 Å². The van der Waals surface area contributed by atoms with Gasteiger partial charge in [0.1, 0.15) is 23.2 Å². The molecule has 4 N–H and O–H groups in total. The number of aromatic nitrogens is 4. The predicted octanol–water partition coefficient (Wildman–Crippen LogP) is 3.66. The van der Waals surface area contributed by atoms with Crippen molar-refractivity contribution in [3.63, 3.8) is 0 Å². The summed E-state index contributed by atoms with van der Waals surface area (Å²) >= 11 is 0. The molecule has 31 heavy (non-hydrogen) atoms. The normalized spacial score (nSPS) is 11.0. The Hall–Kier alpha value is -4.64. The lowest BCUT2D eigenvalue weighted by Gasteiger charge is -2.13. The minimum absolute atomic E-state index is 0.0489. The van der Waals surface area contributed by atoms with Crippen LogP contribution in [0.3, 0.4) is 0 Å². The maximum atomic E-state index is 9.55. The van der Waals surface area contributed by atoms with Crippen LogP contribution in [-0.4, -0.2) is 26.7 Å². The highest BCUT2D eigenvalue weighted by molar-refractivity contribution is 6.03. The van der Waals surface area contributed by atoms with E-state index in [4.69, 9.17) is 21.3 Å². The van der Waals surface area contributed by atoms with Crippen LogP contribution in [0.1, 0.15) is 5.56 Å². The summed E-state index contributed by atoms with van der Waals surface area (Å²) in [6, 6.07) is 21.2. The molecule has 8 nitrogen and oxygen atoms in total. The van der Waals surface area contributed by atoms with Crippen molar-refractivity contribution in [1.82, 2.24) is 19.6 Å². The van der Waals surface area contributed by atoms with E-state index in [1.165, 1.54) is 0 Å². The fraction of sp³-hybridized carbons (Fsp3) is 0.0435. The number of hydrogen-bond acceptors (Lipinski definition) is 7. The molecular weight excluding hydrogens is 390 g/mol. The minimum atomic E-state index is 0.0489. The fourth-order valence-corrected chi connectivity index (χ4v) is 3.64. The lowest BCUT2D eigenvalue weighted by Crippen LogP contribution is -2.07. The largest absolute Gasteiger partial charge is 0.497 e. The molecule has 3 aromatic heterocycles. The molecule has 2 aromatic carbocycles. The second kappa shape index (κ2) is 7.00. The molecule has 0 aliphatic carbocycles. The Bertz CT molecular complexity index is 1480. The number of fused-ring (bicyclic) bond motifs is 2. The Labute approximate surface area is 177 Å². The van der Waals surface area contributed by atoms with Gasteiger partial charge in [-0.25, -0.2) is 14.5 Å². The third-order valence-electron chi connectivity index (χ3n) is 5.15. The van der Waals surface area contributed by atoms with E-state index in [1.54, 1.807) is 11.6 Å². The van der Waals surface area contributed by atoms with Crippen LogP contribution in [0.2, 0.25) is 0 Å². The zero-order chi connectivity index (χ0) is 21.5. The van der Waals surface area contributed by atoms with Gasteiger partial charge >= 0.3 is 0 Å². The smallest absolute Gasteiger partial charge is 0.168 e. The number of benzene rings is 2. The van der Waals surface area contributed by atoms with Crippen molar-refractivity contribution in [2.75, 3.05) is 18.6 Å². The molecule has 0 aliphatic rings. The summed E-state index contributed by atoms with van der Waals surface area (Å²) in [6.07, 6.45) is 0. The van der Waals surface area contributed by atoms with E-state index in [-0.39, 0.29) is 17.1 Å². The number of nitrogen functional groups attached to an aromatic ring is 2. The van der Waals surface area contributed by atoms with Crippen LogP contribution in [0.4, 0.5) is 11.5 Å². The summed E-state index contributed by atoms with van der Waals surface area (Å²) in [5.41, 5.74) is 16.9. The van der Waals surface area contributed by atoms with Crippen LogP contribution in [0.25, 0.3) is 39.2 Å². The highest BCUT2D eigenvalue weighted by atomic mass is 16.5. The predicted molar refractivity (Wildman–Crippen MR) is 119 cm³/mol. The fourth-order valence-electron chi connectivity index (χ4n) is 3.64. The van der Waals surface area contributed by atoms with Crippen LogP contribution in [-0.2, 0) is 0 Å². The lowest BCUT2D eigenvalue weighted by atomic mass is 10.0. The molecule has 8 heteroatoms. The second-order valence-corrected chi connectivity index (χ2v) is 6.95. The number of nitrogens with two attached hydrogens (primary N) is 2. The third kappa shape index (κ3) is 2.88. The molecule has 0 amide bonds. The van der Waals surface area contributed by atoms with Gasteiger partial charge in [0, 0.05) is 17.2 Å². The Morgan fingerprint density at radius 1 is 0.968 bits per heavy atom. The number of anilines is 2. The maximum absolute atomic E-state index is 9.55. The number of ether oxygens (including phenoxy) is 1. The molecule has 0 aliphatic heterocycles. The van der Waals surface area contributed by atoms with Crippen molar-refractivity contribution in [1.29, 1.82) is 5.26 Å². The summed E-state index contributed by atoms with van der Waals surface area (Å²) in [4.78, 5) is 8.99. The molecule has 0 radical (unpaired) electrons. The van der Waals surface area contributed by atoms with Crippen molar-refractivity contribution in [2.45, 2.75) is 0 Å². The van der Waals surface area contributed by atoms with E-state index in [0.717, 1.165) is 22.6 Å². The van der Waals surface area contributed by atoms with Crippen LogP contribution in [0.15, 0.2) is 60.7 Å². The average molecular weight is 407 g/mol. The molecule has 0 saturated carbocycles. The zero-order valence-electron chi connectivity index (χ0n) is 16.6. The van der Waals surface area contributed by atoms with Gasteiger partial charge in [-0.1, -0.05) is 30.3 Å². The van der Waals surface area contributed by atoms with E-state index in [2.05, 4.69) is 9.97 Å². The van der Waals surface area contributed by atoms with Crippen molar-refractivity contribution in [2.24, 2.45) is 0 Å². The van der Waals surface area contributed by atoms with Gasteiger partial charge in [-0.15, -0.1) is 0 Å². The Kier molecular flexibility index (Phi) is 4.15. The number of hydrogen-bond donors (Lipinski definition) is 2. The first-order valence-corrected chi connectivity index (χ1v) is 9.49. The maximum Gasteiger partial charge on any atom is 0.168 e. The Morgan fingerprint density at radius 3 is 2.39 bits per heavy atom. The van der Waals surface area contributed by atoms with E-state index in [9.17, 15) is 5.26 Å². The Balaban J connectivity index is 1.91. The highest BCUT2D eigenvalue weighted by Crippen LogP contribution is 2.36. The summed E-state index contributed by atoms with van der Waals surface area (Å²) in [7, 11) is 1.61. The molecule has 5 rings (SSSR count). The second-order valence-electron chi connectivity index (χ2n) is 6.95. The van der Waals surface area contributed by atoms with Gasteiger partial charge in [0.05, 0.1) is 29.6 Å². The molecule has 0 atom stereocenters. The van der Waals surface area contributed by atoms with Crippen LogP contribution >= 0.6 is 0 Å². The number of methoxy groups -OCH3 is 1. The van der Waals surface area contributed by atoms with E-state index >= 15 is 0 Å². The van der Waals surface area contributed by atoms with Crippen LogP contribution < -0.4 is 16.2 Å². The highest BCUT2D eigenvalue weighted by Gasteiger charge is 2.21. The average Bonchev–Trinajstić information content (AvgIpc) is 3.22. The van der Waals surface area contributed by atoms with Gasteiger partial charge in [-0.3, -0.25) is 0 Å². The molecule has 0 fully saturated rings. The van der Waals surface area contributed by atoms with Gasteiger partial charge in [-0.2, -0.15) is 10.4 Å². The van der Waals surface area contributed by atoms with Gasteiger partial charge in [0.15, 0.2) is 11.3 Å². The molecule has 5 aromatic rings. The number of nitrogens with zero attached hydrogens (tertiary/aromatic N) is 5. The van der Waals surface area contributed by atoms with Crippen molar-refractivity contribution in [3.05, 3.63) is 66.2 Å². The molecule has 0 saturated heterocycles. The third-order valence-corrected chi connectivity index (χ3v) is 5.15. The van der Waals surface area contributed by atoms with Crippen molar-refractivity contribution >= 4 is 28.2 Å². The summed E-state index contributed by atoms with van der Waals surface area (Å²) in [5, 5.41) is 14.9. The van der Waals surface area contributed by atoms with Crippen molar-refractivity contribution in [3.8, 4) is 34.3 Å². The number of nitriles is 1. The first-order chi connectivity index (χ1) is 15.1. The lowest BCUT2D eigenvalue weighted by molar-refractivity contribution is 0.415. The molecule has 0 spiro atoms. The molecule has 150 valence electrons. The molecule has 3 heterocycles. The van der Waals surface area contributed by atoms with Gasteiger partial charge in [0.25, 0.3) is 0 Å². The summed E-state index contributed by atoms with van der Waals surface area (Å²) < 4.78 is 7.01. The minimum Gasteiger partial charge on any atom is -0.497 e. The van der Waals surface area contributed by atoms with E-state index in [0.29, 0.717) is 22.4 Å². The van der Waals surface area contributed by atoms with Gasteiger partial charge < -0.3 is 16.2 Å². The van der Waals surface area contributed by atoms with Crippen molar-refractivity contribution < 1.29 is 4.74 Å². The van der Waals surface area contributed by atoms with Crippen LogP contribution in [0.5, 0.6) is 5.75 Å². The first kappa shape index (κ1) is 18.4. The quantitative estimate of drug-likeness (QED) is 0.467. The number of pyridine rings is 1. The van der Waals surface area contributed by atoms with Gasteiger partial charge in [-0.05, 0) is 24.3 Å². The monoisotopic (exact) mass is 407 g/mol. The summed E-state index contributed by atoms with van der Waals surface area (Å²) in [6.45, 7) is 0.